The van der Waals surface area contributed by atoms with E-state index in [1.54, 1.807) is 13.2 Å². The molecule has 9 heteroatoms. The molecule has 0 spiro atoms. The minimum absolute atomic E-state index is 0.180. The van der Waals surface area contributed by atoms with Crippen molar-refractivity contribution in [2.45, 2.75) is 23.2 Å². The molecule has 0 fully saturated rings. The van der Waals surface area contributed by atoms with Crippen molar-refractivity contribution in [3.05, 3.63) is 41.6 Å². The predicted octanol–water partition coefficient (Wildman–Crippen LogP) is 5.65. The Labute approximate surface area is 199 Å². The van der Waals surface area contributed by atoms with Crippen LogP contribution in [-0.2, 0) is 16.8 Å². The number of methoxy groups -OCH3 is 1. The van der Waals surface area contributed by atoms with Gasteiger partial charge in [0.2, 0.25) is 18.2 Å². The van der Waals surface area contributed by atoms with Crippen molar-refractivity contribution in [3.63, 3.8) is 0 Å². The van der Waals surface area contributed by atoms with E-state index >= 15 is 0 Å². The summed E-state index contributed by atoms with van der Waals surface area (Å²) >= 11 is 19.6. The smallest absolute Gasteiger partial charge is 0.275 e. The van der Waals surface area contributed by atoms with E-state index in [2.05, 4.69) is 0 Å². The van der Waals surface area contributed by atoms with E-state index in [9.17, 15) is 4.39 Å². The van der Waals surface area contributed by atoms with Crippen molar-refractivity contribution < 1.29 is 27.9 Å². The maximum absolute atomic E-state index is 12.7. The van der Waals surface area contributed by atoms with E-state index < -0.39 is 10.5 Å². The molecule has 0 saturated carbocycles. The summed E-state index contributed by atoms with van der Waals surface area (Å²) in [6.07, 6.45) is 0.978. The third kappa shape index (κ3) is 3.58. The van der Waals surface area contributed by atoms with Gasteiger partial charge in [-0.25, -0.2) is 0 Å². The molecule has 32 heavy (non-hydrogen) atoms. The Morgan fingerprint density at radius 3 is 2.62 bits per heavy atom. The van der Waals surface area contributed by atoms with Crippen LogP contribution in [0.3, 0.4) is 0 Å². The van der Waals surface area contributed by atoms with Crippen LogP contribution in [0.5, 0.6) is 23.0 Å². The van der Waals surface area contributed by atoms with E-state index in [0.717, 1.165) is 34.4 Å². The maximum Gasteiger partial charge on any atom is 0.275 e. The normalized spacial score (nSPS) is 14.3. The van der Waals surface area contributed by atoms with Gasteiger partial charge in [-0.1, -0.05) is 34.8 Å². The van der Waals surface area contributed by atoms with Crippen LogP contribution in [0, 0.1) is 0 Å². The molecule has 0 aliphatic carbocycles. The fraction of sp³-hybridized carbons (Fsp3) is 0.348. The average molecular weight is 500 g/mol. The summed E-state index contributed by atoms with van der Waals surface area (Å²) in [6, 6.07) is 9.73. The number of aromatic nitrogens is 1. The number of benzene rings is 2. The number of aryl methyl sites for hydroxylation is 1. The molecule has 1 aromatic heterocycles. The van der Waals surface area contributed by atoms with Gasteiger partial charge in [-0.05, 0) is 35.2 Å². The highest BCUT2D eigenvalue weighted by Crippen LogP contribution is 2.48. The Morgan fingerprint density at radius 2 is 1.91 bits per heavy atom. The zero-order chi connectivity index (χ0) is 22.5. The second-order valence-electron chi connectivity index (χ2n) is 7.59. The van der Waals surface area contributed by atoms with E-state index in [1.807, 2.05) is 28.8 Å². The van der Waals surface area contributed by atoms with Gasteiger partial charge in [0.15, 0.2) is 29.5 Å². The third-order valence-corrected chi connectivity index (χ3v) is 6.27. The Hall–Kier alpha value is -2.15. The van der Waals surface area contributed by atoms with E-state index in [4.69, 9.17) is 53.8 Å². The molecule has 0 unspecified atom stereocenters. The SMILES string of the molecule is COc1ccc2cc3[n+](c(C(Cl)(Cl)Cl)c2c1OCCCF)CCc1cc2c(cc1-3)OCO2. The number of hydrogen-bond donors (Lipinski definition) is 0. The van der Waals surface area contributed by atoms with Gasteiger partial charge >= 0.3 is 0 Å². The lowest BCUT2D eigenvalue weighted by molar-refractivity contribution is -0.693. The highest BCUT2D eigenvalue weighted by atomic mass is 35.6. The standard InChI is InChI=1S/C23H20Cl3FNO4/c1-29-17-4-3-14-9-16-15-11-19-18(31-12-32-19)10-13(15)5-7-28(16)22(23(24,25)26)20(14)21(17)30-8-2-6-27/h3-4,9-11H,2,5-8,12H2,1H3/q+1. The predicted molar refractivity (Wildman–Crippen MR) is 121 cm³/mol. The molecule has 0 radical (unpaired) electrons. The molecular formula is C23H20Cl3FNO4+. The minimum Gasteiger partial charge on any atom is -0.493 e. The van der Waals surface area contributed by atoms with Crippen LogP contribution < -0.4 is 23.5 Å². The molecule has 3 aromatic rings. The molecule has 0 bridgehead atoms. The minimum atomic E-state index is -1.74. The van der Waals surface area contributed by atoms with Gasteiger partial charge in [-0.15, -0.1) is 0 Å². The molecule has 2 aromatic carbocycles. The number of halogens is 4. The molecule has 2 aliphatic rings. The summed E-state index contributed by atoms with van der Waals surface area (Å²) in [5.74, 6) is 2.36. The topological polar surface area (TPSA) is 40.8 Å². The van der Waals surface area contributed by atoms with Crippen LogP contribution in [0.25, 0.3) is 22.0 Å². The lowest BCUT2D eigenvalue weighted by Gasteiger charge is -2.23. The Kier molecular flexibility index (Phi) is 5.64. The quantitative estimate of drug-likeness (QED) is 0.258. The number of nitrogens with zero attached hydrogens (tertiary/aromatic N) is 1. The first-order valence-electron chi connectivity index (χ1n) is 10.2. The lowest BCUT2D eigenvalue weighted by atomic mass is 9.94. The van der Waals surface area contributed by atoms with E-state index in [0.29, 0.717) is 34.9 Å². The number of hydrogen-bond acceptors (Lipinski definition) is 4. The van der Waals surface area contributed by atoms with Crippen LogP contribution >= 0.6 is 34.8 Å². The van der Waals surface area contributed by atoms with Crippen molar-refractivity contribution in [2.24, 2.45) is 0 Å². The molecule has 5 nitrogen and oxygen atoms in total. The fourth-order valence-corrected chi connectivity index (χ4v) is 4.96. The summed E-state index contributed by atoms with van der Waals surface area (Å²) in [5, 5.41) is 1.45. The van der Waals surface area contributed by atoms with Crippen molar-refractivity contribution in [3.8, 4) is 34.3 Å². The fourth-order valence-electron chi connectivity index (χ4n) is 4.37. The van der Waals surface area contributed by atoms with Gasteiger partial charge < -0.3 is 18.9 Å². The van der Waals surface area contributed by atoms with E-state index in [1.165, 1.54) is 0 Å². The molecule has 0 N–H and O–H groups in total. The van der Waals surface area contributed by atoms with Gasteiger partial charge in [-0.2, -0.15) is 4.57 Å². The number of fused-ring (bicyclic) bond motifs is 5. The lowest BCUT2D eigenvalue weighted by Crippen LogP contribution is -2.46. The van der Waals surface area contributed by atoms with Crippen LogP contribution in [0.4, 0.5) is 4.39 Å². The maximum atomic E-state index is 12.7. The largest absolute Gasteiger partial charge is 0.493 e. The van der Waals surface area contributed by atoms with Crippen molar-refractivity contribution in [1.82, 2.24) is 0 Å². The Balaban J connectivity index is 1.80. The molecule has 3 heterocycles. The summed E-state index contributed by atoms with van der Waals surface area (Å²) < 4.78 is 35.6. The Morgan fingerprint density at radius 1 is 1.12 bits per heavy atom. The van der Waals surface area contributed by atoms with Crippen molar-refractivity contribution >= 4 is 45.6 Å². The van der Waals surface area contributed by atoms with Gasteiger partial charge in [0.25, 0.3) is 3.79 Å². The van der Waals surface area contributed by atoms with Gasteiger partial charge in [-0.3, -0.25) is 4.39 Å². The number of ether oxygens (including phenoxy) is 4. The van der Waals surface area contributed by atoms with E-state index in [-0.39, 0.29) is 19.8 Å². The summed E-state index contributed by atoms with van der Waals surface area (Å²) in [4.78, 5) is 0. The summed E-state index contributed by atoms with van der Waals surface area (Å²) in [6.45, 7) is 0.498. The molecule has 5 rings (SSSR count). The van der Waals surface area contributed by atoms with Gasteiger partial charge in [0, 0.05) is 18.9 Å². The van der Waals surface area contributed by atoms with Crippen LogP contribution in [-0.4, -0.2) is 27.2 Å². The zero-order valence-corrected chi connectivity index (χ0v) is 19.5. The number of alkyl halides is 4. The molecule has 168 valence electrons. The van der Waals surface area contributed by atoms with Gasteiger partial charge in [0.1, 0.15) is 0 Å². The van der Waals surface area contributed by atoms with Crippen LogP contribution in [0.2, 0.25) is 0 Å². The number of rotatable bonds is 5. The highest BCUT2D eigenvalue weighted by molar-refractivity contribution is 6.67. The zero-order valence-electron chi connectivity index (χ0n) is 17.2. The molecular weight excluding hydrogens is 480 g/mol. The molecule has 0 saturated heterocycles. The average Bonchev–Trinajstić information content (AvgIpc) is 3.23. The second-order valence-corrected chi connectivity index (χ2v) is 9.87. The monoisotopic (exact) mass is 498 g/mol. The third-order valence-electron chi connectivity index (χ3n) is 5.74. The molecule has 0 amide bonds. The molecule has 0 atom stereocenters. The first-order chi connectivity index (χ1) is 15.4. The van der Waals surface area contributed by atoms with Crippen LogP contribution in [0.15, 0.2) is 30.3 Å². The van der Waals surface area contributed by atoms with Crippen molar-refractivity contribution in [2.75, 3.05) is 27.2 Å². The van der Waals surface area contributed by atoms with Gasteiger partial charge in [0.05, 0.1) is 31.3 Å². The van der Waals surface area contributed by atoms with Crippen molar-refractivity contribution in [1.29, 1.82) is 0 Å². The first-order valence-corrected chi connectivity index (χ1v) is 11.3. The van der Waals surface area contributed by atoms with Crippen LogP contribution in [0.1, 0.15) is 17.7 Å². The summed E-state index contributed by atoms with van der Waals surface area (Å²) in [7, 11) is 1.54. The molecule has 2 aliphatic heterocycles. The second kappa shape index (κ2) is 8.32. The number of pyridine rings is 1. The Bertz CT molecular complexity index is 1210. The first kappa shape index (κ1) is 21.7. The summed E-state index contributed by atoms with van der Waals surface area (Å²) in [5.41, 5.74) is 3.51. The highest BCUT2D eigenvalue weighted by Gasteiger charge is 2.42.